The highest BCUT2D eigenvalue weighted by atomic mass is 32.2. The van der Waals surface area contributed by atoms with Crippen LogP contribution in [0, 0.1) is 0 Å². The topological polar surface area (TPSA) is 71.3 Å². The highest BCUT2D eigenvalue weighted by Gasteiger charge is 2.19. The maximum absolute atomic E-state index is 11.1. The Morgan fingerprint density at radius 2 is 2.24 bits per heavy atom. The molecule has 96 valence electrons. The molecule has 0 aliphatic rings. The van der Waals surface area contributed by atoms with Crippen molar-refractivity contribution in [3.8, 4) is 0 Å². The molecule has 0 aliphatic heterocycles. The largest absolute Gasteiger partial charge is 0.414 e. The highest BCUT2D eigenvalue weighted by molar-refractivity contribution is 7.99. The summed E-state index contributed by atoms with van der Waals surface area (Å²) in [5.41, 5.74) is 0. The van der Waals surface area contributed by atoms with Crippen molar-refractivity contribution in [2.45, 2.75) is 24.6 Å². The van der Waals surface area contributed by atoms with Crippen LogP contribution in [0.1, 0.15) is 25.3 Å². The summed E-state index contributed by atoms with van der Waals surface area (Å²) in [4.78, 5) is 13.1. The molecule has 0 radical (unpaired) electrons. The first kappa shape index (κ1) is 14.0. The number of rotatable bonds is 6. The molecule has 1 atom stereocenters. The van der Waals surface area contributed by atoms with E-state index in [1.807, 2.05) is 19.0 Å². The Bertz CT molecular complexity index is 367. The minimum Gasteiger partial charge on any atom is -0.414 e. The summed E-state index contributed by atoms with van der Waals surface area (Å²) >= 11 is 1.24. The standard InChI is InChI=1S/C10H18N4O2S/c1-5-7(14(3)4)9-12-13-10(16-9)17-6-8(15)11-2/h7H,5-6H2,1-4H3,(H,11,15)/t7-/m0/s1. The van der Waals surface area contributed by atoms with Gasteiger partial charge in [-0.3, -0.25) is 9.69 Å². The Morgan fingerprint density at radius 1 is 1.53 bits per heavy atom. The van der Waals surface area contributed by atoms with Crippen molar-refractivity contribution < 1.29 is 9.21 Å². The Kier molecular flexibility index (Phi) is 5.43. The molecule has 7 heteroatoms. The van der Waals surface area contributed by atoms with E-state index < -0.39 is 0 Å². The molecule has 0 saturated heterocycles. The van der Waals surface area contributed by atoms with Crippen molar-refractivity contribution in [1.29, 1.82) is 0 Å². The summed E-state index contributed by atoms with van der Waals surface area (Å²) < 4.78 is 5.51. The van der Waals surface area contributed by atoms with Crippen LogP contribution in [0.4, 0.5) is 0 Å². The lowest BCUT2D eigenvalue weighted by Crippen LogP contribution is -2.19. The number of hydrogen-bond donors (Lipinski definition) is 1. The van der Waals surface area contributed by atoms with Crippen molar-refractivity contribution in [1.82, 2.24) is 20.4 Å². The molecule has 0 spiro atoms. The molecule has 1 amide bonds. The van der Waals surface area contributed by atoms with E-state index in [1.165, 1.54) is 11.8 Å². The molecule has 0 bridgehead atoms. The number of carbonyl (C=O) groups excluding carboxylic acids is 1. The van der Waals surface area contributed by atoms with Crippen LogP contribution in [-0.2, 0) is 4.79 Å². The van der Waals surface area contributed by atoms with Gasteiger partial charge in [0.25, 0.3) is 5.22 Å². The molecule has 0 saturated carbocycles. The first-order valence-electron chi connectivity index (χ1n) is 5.41. The first-order chi connectivity index (χ1) is 8.08. The smallest absolute Gasteiger partial charge is 0.277 e. The number of hydrogen-bond acceptors (Lipinski definition) is 6. The summed E-state index contributed by atoms with van der Waals surface area (Å²) in [6.45, 7) is 2.06. The van der Waals surface area contributed by atoms with Crippen LogP contribution in [-0.4, -0.2) is 47.9 Å². The molecule has 0 unspecified atom stereocenters. The molecule has 1 aromatic rings. The molecule has 0 fully saturated rings. The second kappa shape index (κ2) is 6.61. The fraction of sp³-hybridized carbons (Fsp3) is 0.700. The monoisotopic (exact) mass is 258 g/mol. The van der Waals surface area contributed by atoms with Gasteiger partial charge in [-0.1, -0.05) is 18.7 Å². The third-order valence-corrected chi connectivity index (χ3v) is 3.14. The van der Waals surface area contributed by atoms with Gasteiger partial charge in [0.2, 0.25) is 11.8 Å². The van der Waals surface area contributed by atoms with Crippen LogP contribution < -0.4 is 5.32 Å². The van der Waals surface area contributed by atoms with Gasteiger partial charge in [0, 0.05) is 7.05 Å². The predicted molar refractivity (Wildman–Crippen MR) is 65.8 cm³/mol. The fourth-order valence-electron chi connectivity index (χ4n) is 1.37. The van der Waals surface area contributed by atoms with E-state index >= 15 is 0 Å². The normalized spacial score (nSPS) is 12.8. The number of amides is 1. The average molecular weight is 258 g/mol. The summed E-state index contributed by atoms with van der Waals surface area (Å²) in [6.07, 6.45) is 0.898. The molecular weight excluding hydrogens is 240 g/mol. The van der Waals surface area contributed by atoms with E-state index in [-0.39, 0.29) is 17.7 Å². The van der Waals surface area contributed by atoms with Crippen LogP contribution in [0.2, 0.25) is 0 Å². The van der Waals surface area contributed by atoms with Gasteiger partial charge in [0.05, 0.1) is 11.8 Å². The summed E-state index contributed by atoms with van der Waals surface area (Å²) in [6, 6.07) is 0.122. The van der Waals surface area contributed by atoms with Crippen molar-refractivity contribution >= 4 is 17.7 Å². The number of aromatic nitrogens is 2. The van der Waals surface area contributed by atoms with E-state index in [0.29, 0.717) is 11.1 Å². The quantitative estimate of drug-likeness (QED) is 0.765. The van der Waals surface area contributed by atoms with Crippen LogP contribution in [0.25, 0.3) is 0 Å². The number of nitrogens with zero attached hydrogens (tertiary/aromatic N) is 3. The second-order valence-electron chi connectivity index (χ2n) is 3.76. The Hall–Kier alpha value is -1.08. The average Bonchev–Trinajstić information content (AvgIpc) is 2.75. The zero-order valence-corrected chi connectivity index (χ0v) is 11.4. The molecule has 6 nitrogen and oxygen atoms in total. The zero-order valence-electron chi connectivity index (χ0n) is 10.6. The Balaban J connectivity index is 2.61. The minimum atomic E-state index is -0.0607. The highest BCUT2D eigenvalue weighted by Crippen LogP contribution is 2.23. The molecular formula is C10H18N4O2S. The van der Waals surface area contributed by atoms with E-state index in [9.17, 15) is 4.79 Å². The van der Waals surface area contributed by atoms with Crippen LogP contribution in [0.3, 0.4) is 0 Å². The zero-order chi connectivity index (χ0) is 12.8. The predicted octanol–water partition coefficient (Wildman–Crippen LogP) is 0.920. The SMILES string of the molecule is CC[C@@H](c1nnc(SCC(=O)NC)o1)N(C)C. The Morgan fingerprint density at radius 3 is 2.76 bits per heavy atom. The molecule has 1 heterocycles. The number of carbonyl (C=O) groups is 1. The van der Waals surface area contributed by atoms with E-state index in [0.717, 1.165) is 6.42 Å². The lowest BCUT2D eigenvalue weighted by Gasteiger charge is -2.18. The van der Waals surface area contributed by atoms with Gasteiger partial charge in [-0.25, -0.2) is 0 Å². The third kappa shape index (κ3) is 4.01. The van der Waals surface area contributed by atoms with Crippen LogP contribution in [0.15, 0.2) is 9.64 Å². The van der Waals surface area contributed by atoms with E-state index in [1.54, 1.807) is 7.05 Å². The minimum absolute atomic E-state index is 0.0607. The van der Waals surface area contributed by atoms with Crippen molar-refractivity contribution in [2.75, 3.05) is 26.9 Å². The third-order valence-electron chi connectivity index (χ3n) is 2.32. The molecule has 1 N–H and O–H groups in total. The van der Waals surface area contributed by atoms with Crippen molar-refractivity contribution in [3.63, 3.8) is 0 Å². The lowest BCUT2D eigenvalue weighted by atomic mass is 10.2. The Labute approximate surface area is 105 Å². The van der Waals surface area contributed by atoms with Gasteiger partial charge in [0.15, 0.2) is 0 Å². The molecule has 0 aromatic carbocycles. The molecule has 0 aliphatic carbocycles. The van der Waals surface area contributed by atoms with Gasteiger partial charge < -0.3 is 9.73 Å². The summed E-state index contributed by atoms with van der Waals surface area (Å²) in [5, 5.41) is 10.9. The number of thioether (sulfide) groups is 1. The van der Waals surface area contributed by atoms with E-state index in [2.05, 4.69) is 22.4 Å². The van der Waals surface area contributed by atoms with Gasteiger partial charge in [0.1, 0.15) is 0 Å². The first-order valence-corrected chi connectivity index (χ1v) is 6.40. The fourth-order valence-corrected chi connectivity index (χ4v) is 2.02. The van der Waals surface area contributed by atoms with Crippen molar-refractivity contribution in [3.05, 3.63) is 5.89 Å². The van der Waals surface area contributed by atoms with Crippen LogP contribution >= 0.6 is 11.8 Å². The van der Waals surface area contributed by atoms with Gasteiger partial charge >= 0.3 is 0 Å². The lowest BCUT2D eigenvalue weighted by molar-refractivity contribution is -0.118. The molecule has 1 aromatic heterocycles. The summed E-state index contributed by atoms with van der Waals surface area (Å²) in [5.74, 6) is 0.822. The molecule has 17 heavy (non-hydrogen) atoms. The summed E-state index contributed by atoms with van der Waals surface area (Å²) in [7, 11) is 5.53. The molecule has 1 rings (SSSR count). The number of nitrogens with one attached hydrogen (secondary N) is 1. The van der Waals surface area contributed by atoms with Gasteiger partial charge in [-0.2, -0.15) is 0 Å². The van der Waals surface area contributed by atoms with Gasteiger partial charge in [-0.15, -0.1) is 10.2 Å². The van der Waals surface area contributed by atoms with E-state index in [4.69, 9.17) is 4.42 Å². The second-order valence-corrected chi connectivity index (χ2v) is 4.68. The maximum Gasteiger partial charge on any atom is 0.277 e. The van der Waals surface area contributed by atoms with Crippen molar-refractivity contribution in [2.24, 2.45) is 0 Å². The van der Waals surface area contributed by atoms with Crippen LogP contribution in [0.5, 0.6) is 0 Å². The van der Waals surface area contributed by atoms with Gasteiger partial charge in [-0.05, 0) is 20.5 Å². The maximum atomic E-state index is 11.1.